The molecule has 1 aliphatic rings. The maximum atomic E-state index is 3.45. The summed E-state index contributed by atoms with van der Waals surface area (Å²) in [7, 11) is 0. The van der Waals surface area contributed by atoms with Crippen molar-refractivity contribution in [3.8, 4) is 0 Å². The molecule has 1 heterocycles. The topological polar surface area (TPSA) is 12.0 Å². The van der Waals surface area contributed by atoms with Crippen molar-refractivity contribution in [3.63, 3.8) is 0 Å². The van der Waals surface area contributed by atoms with Gasteiger partial charge in [0.25, 0.3) is 0 Å². The molecule has 0 fully saturated rings. The lowest BCUT2D eigenvalue weighted by atomic mass is 10.2. The van der Waals surface area contributed by atoms with Crippen LogP contribution >= 0.6 is 11.8 Å². The molecular weight excluding hydrogens is 166 g/mol. The van der Waals surface area contributed by atoms with Crippen LogP contribution in [-0.2, 0) is 5.75 Å². The maximum Gasteiger partial charge on any atom is 0.0381 e. The highest BCUT2D eigenvalue weighted by Crippen LogP contribution is 2.23. The van der Waals surface area contributed by atoms with Crippen LogP contribution in [0.15, 0.2) is 24.3 Å². The minimum absolute atomic E-state index is 1.12. The second-order valence-electron chi connectivity index (χ2n) is 2.99. The Balaban J connectivity index is 2.24. The third-order valence-electron chi connectivity index (χ3n) is 2.06. The summed E-state index contributed by atoms with van der Waals surface area (Å²) in [6.45, 7) is 1.12. The van der Waals surface area contributed by atoms with Crippen molar-refractivity contribution in [2.75, 3.05) is 17.6 Å². The molecule has 0 aromatic heterocycles. The molecule has 2 rings (SSSR count). The molecule has 12 heavy (non-hydrogen) atoms. The second-order valence-corrected chi connectivity index (χ2v) is 4.10. The Hall–Kier alpha value is -0.630. The predicted octanol–water partition coefficient (Wildman–Crippen LogP) is 2.74. The molecule has 0 bridgehead atoms. The lowest BCUT2D eigenvalue weighted by Gasteiger charge is -2.14. The van der Waals surface area contributed by atoms with Crippen LogP contribution in [0.5, 0.6) is 0 Å². The molecule has 0 spiro atoms. The van der Waals surface area contributed by atoms with Crippen LogP contribution in [0.4, 0.5) is 5.69 Å². The van der Waals surface area contributed by atoms with E-state index in [0.717, 1.165) is 12.3 Å². The third kappa shape index (κ3) is 1.75. The van der Waals surface area contributed by atoms with E-state index in [4.69, 9.17) is 0 Å². The van der Waals surface area contributed by atoms with E-state index in [9.17, 15) is 0 Å². The normalized spacial score (nSPS) is 17.0. The van der Waals surface area contributed by atoms with Gasteiger partial charge in [0, 0.05) is 18.0 Å². The van der Waals surface area contributed by atoms with Gasteiger partial charge >= 0.3 is 0 Å². The van der Waals surface area contributed by atoms with E-state index in [-0.39, 0.29) is 0 Å². The molecule has 1 aromatic carbocycles. The van der Waals surface area contributed by atoms with Gasteiger partial charge in [-0.3, -0.25) is 0 Å². The molecule has 1 aromatic rings. The summed E-state index contributed by atoms with van der Waals surface area (Å²) < 4.78 is 0. The van der Waals surface area contributed by atoms with Gasteiger partial charge in [0.2, 0.25) is 0 Å². The van der Waals surface area contributed by atoms with Crippen molar-refractivity contribution >= 4 is 17.4 Å². The molecule has 0 radical (unpaired) electrons. The number of rotatable bonds is 0. The minimum Gasteiger partial charge on any atom is -0.385 e. The molecule has 0 atom stereocenters. The summed E-state index contributed by atoms with van der Waals surface area (Å²) >= 11 is 2.03. The van der Waals surface area contributed by atoms with Crippen molar-refractivity contribution in [1.82, 2.24) is 0 Å². The van der Waals surface area contributed by atoms with E-state index in [2.05, 4.69) is 29.6 Å². The summed E-state index contributed by atoms with van der Waals surface area (Å²) in [5, 5.41) is 3.45. The Morgan fingerprint density at radius 3 is 3.17 bits per heavy atom. The first-order chi connectivity index (χ1) is 5.97. The van der Waals surface area contributed by atoms with Crippen LogP contribution in [0.2, 0.25) is 0 Å². The first-order valence-electron chi connectivity index (χ1n) is 4.36. The number of hydrogen-bond donors (Lipinski definition) is 1. The van der Waals surface area contributed by atoms with E-state index in [0.29, 0.717) is 0 Å². The molecule has 2 heteroatoms. The van der Waals surface area contributed by atoms with E-state index in [1.807, 2.05) is 11.8 Å². The van der Waals surface area contributed by atoms with Gasteiger partial charge in [-0.2, -0.15) is 11.8 Å². The fraction of sp³-hybridized carbons (Fsp3) is 0.400. The number of para-hydroxylation sites is 1. The van der Waals surface area contributed by atoms with Gasteiger partial charge in [0.15, 0.2) is 0 Å². The number of thioether (sulfide) groups is 1. The third-order valence-corrected chi connectivity index (χ3v) is 3.15. The van der Waals surface area contributed by atoms with Gasteiger partial charge in [-0.15, -0.1) is 0 Å². The largest absolute Gasteiger partial charge is 0.385 e. The smallest absolute Gasteiger partial charge is 0.0381 e. The number of hydrogen-bond acceptors (Lipinski definition) is 2. The Labute approximate surface area is 77.6 Å². The van der Waals surface area contributed by atoms with Gasteiger partial charge in [0.05, 0.1) is 0 Å². The Bertz CT molecular complexity index is 233. The van der Waals surface area contributed by atoms with Crippen molar-refractivity contribution < 1.29 is 0 Å². The fourth-order valence-corrected chi connectivity index (χ4v) is 2.36. The number of nitrogens with one attached hydrogen (secondary N) is 1. The zero-order chi connectivity index (χ0) is 8.23. The molecule has 0 aliphatic carbocycles. The first kappa shape index (κ1) is 7.99. The first-order valence-corrected chi connectivity index (χ1v) is 5.52. The van der Waals surface area contributed by atoms with Crippen molar-refractivity contribution in [2.24, 2.45) is 0 Å². The molecule has 1 nitrogen and oxygen atoms in total. The zero-order valence-electron chi connectivity index (χ0n) is 7.05. The standard InChI is InChI=1S/C10H13NS/c1-2-5-10-9(4-1)8-12-7-3-6-11-10/h1-2,4-5,11H,3,6-8H2. The summed E-state index contributed by atoms with van der Waals surface area (Å²) in [6.07, 6.45) is 1.28. The summed E-state index contributed by atoms with van der Waals surface area (Å²) in [5.74, 6) is 2.44. The van der Waals surface area contributed by atoms with Crippen LogP contribution < -0.4 is 5.32 Å². The van der Waals surface area contributed by atoms with Gasteiger partial charge in [0.1, 0.15) is 0 Å². The van der Waals surface area contributed by atoms with Crippen LogP contribution in [-0.4, -0.2) is 12.3 Å². The van der Waals surface area contributed by atoms with Crippen LogP contribution in [0.3, 0.4) is 0 Å². The highest BCUT2D eigenvalue weighted by atomic mass is 32.2. The average Bonchev–Trinajstić information content (AvgIpc) is 2.06. The zero-order valence-corrected chi connectivity index (χ0v) is 7.86. The molecular formula is C10H13NS. The lowest BCUT2D eigenvalue weighted by molar-refractivity contribution is 0.981. The quantitative estimate of drug-likeness (QED) is 0.657. The van der Waals surface area contributed by atoms with E-state index >= 15 is 0 Å². The lowest BCUT2D eigenvalue weighted by Crippen LogP contribution is -2.07. The van der Waals surface area contributed by atoms with Gasteiger partial charge < -0.3 is 5.32 Å². The molecule has 0 amide bonds. The summed E-state index contributed by atoms with van der Waals surface area (Å²) in [5.41, 5.74) is 2.77. The molecule has 0 saturated heterocycles. The molecule has 1 aliphatic heterocycles. The van der Waals surface area contributed by atoms with Crippen molar-refractivity contribution in [2.45, 2.75) is 12.2 Å². The maximum absolute atomic E-state index is 3.45. The monoisotopic (exact) mass is 179 g/mol. The van der Waals surface area contributed by atoms with Crippen LogP contribution in [0.1, 0.15) is 12.0 Å². The predicted molar refractivity (Wildman–Crippen MR) is 55.7 cm³/mol. The van der Waals surface area contributed by atoms with Crippen LogP contribution in [0.25, 0.3) is 0 Å². The Morgan fingerprint density at radius 1 is 1.25 bits per heavy atom. The Kier molecular flexibility index (Phi) is 2.57. The SMILES string of the molecule is c1ccc2c(c1)CSCCCN2. The highest BCUT2D eigenvalue weighted by molar-refractivity contribution is 7.98. The van der Waals surface area contributed by atoms with Crippen molar-refractivity contribution in [1.29, 1.82) is 0 Å². The fourth-order valence-electron chi connectivity index (χ4n) is 1.40. The highest BCUT2D eigenvalue weighted by Gasteiger charge is 2.03. The molecule has 0 unspecified atom stereocenters. The second kappa shape index (κ2) is 3.85. The van der Waals surface area contributed by atoms with E-state index < -0.39 is 0 Å². The molecule has 0 saturated carbocycles. The number of anilines is 1. The van der Waals surface area contributed by atoms with E-state index in [1.165, 1.54) is 23.4 Å². The average molecular weight is 179 g/mol. The summed E-state index contributed by atoms with van der Waals surface area (Å²) in [4.78, 5) is 0. The minimum atomic E-state index is 1.12. The van der Waals surface area contributed by atoms with E-state index in [1.54, 1.807) is 0 Å². The van der Waals surface area contributed by atoms with Gasteiger partial charge in [-0.05, 0) is 23.8 Å². The number of fused-ring (bicyclic) bond motifs is 1. The van der Waals surface area contributed by atoms with Crippen LogP contribution in [0, 0.1) is 0 Å². The molecule has 64 valence electrons. The van der Waals surface area contributed by atoms with Crippen molar-refractivity contribution in [3.05, 3.63) is 29.8 Å². The van der Waals surface area contributed by atoms with Gasteiger partial charge in [-0.25, -0.2) is 0 Å². The molecule has 1 N–H and O–H groups in total. The summed E-state index contributed by atoms with van der Waals surface area (Å²) in [6, 6.07) is 8.59. The Morgan fingerprint density at radius 2 is 2.17 bits per heavy atom. The van der Waals surface area contributed by atoms with Gasteiger partial charge in [-0.1, -0.05) is 18.2 Å². The number of benzene rings is 1.